The topological polar surface area (TPSA) is 50.9 Å². The Balaban J connectivity index is 0.00000544. The van der Waals surface area contributed by atoms with E-state index in [1.165, 1.54) is 0 Å². The fourth-order valence-corrected chi connectivity index (χ4v) is 8.17. The van der Waals surface area contributed by atoms with Crippen LogP contribution < -0.4 is 0 Å². The van der Waals surface area contributed by atoms with Gasteiger partial charge in [-0.1, -0.05) is 160 Å². The van der Waals surface area contributed by atoms with Gasteiger partial charge in [-0.15, -0.1) is 23.8 Å². The van der Waals surface area contributed by atoms with Crippen LogP contribution >= 0.6 is 0 Å². The van der Waals surface area contributed by atoms with Crippen LogP contribution in [0.2, 0.25) is 0 Å². The molecule has 2 heterocycles. The average molecular weight is 976 g/mol. The molecule has 4 nitrogen and oxygen atoms in total. The molecular formula is C56H48N3OPt-. The Kier molecular flexibility index (Phi) is 11.0. The van der Waals surface area contributed by atoms with Crippen LogP contribution in [0.1, 0.15) is 64.5 Å². The Bertz CT molecular complexity index is 3110. The quantitative estimate of drug-likeness (QED) is 0.147. The number of benzene rings is 7. The summed E-state index contributed by atoms with van der Waals surface area (Å²) in [7, 11) is 0. The van der Waals surface area contributed by atoms with Crippen molar-refractivity contribution >= 4 is 11.0 Å². The minimum atomic E-state index is -0.823. The van der Waals surface area contributed by atoms with E-state index in [4.69, 9.17) is 12.7 Å². The second-order valence-electron chi connectivity index (χ2n) is 16.1. The number of aromatic hydroxyl groups is 1. The molecule has 0 aliphatic rings. The van der Waals surface area contributed by atoms with E-state index in [-0.39, 0.29) is 26.8 Å². The third-order valence-corrected chi connectivity index (χ3v) is 11.4. The number of aryl methyl sites for hydroxylation is 2. The van der Waals surface area contributed by atoms with E-state index < -0.39 is 11.8 Å². The zero-order valence-electron chi connectivity index (χ0n) is 37.2. The maximum absolute atomic E-state index is 11.8. The number of rotatable bonds is 9. The molecule has 0 aliphatic carbocycles. The number of fused-ring (bicyclic) bond motifs is 1. The molecule has 0 radical (unpaired) electrons. The Morgan fingerprint density at radius 2 is 1.23 bits per heavy atom. The van der Waals surface area contributed by atoms with E-state index in [2.05, 4.69) is 108 Å². The van der Waals surface area contributed by atoms with E-state index in [9.17, 15) is 5.11 Å². The second-order valence-corrected chi connectivity index (χ2v) is 16.1. The van der Waals surface area contributed by atoms with Crippen molar-refractivity contribution in [2.24, 2.45) is 0 Å². The first-order chi connectivity index (χ1) is 29.7. The molecule has 7 aromatic carbocycles. The molecule has 0 aliphatic heterocycles. The number of hydrogen-bond donors (Lipinski definition) is 1. The van der Waals surface area contributed by atoms with Crippen LogP contribution in [0, 0.1) is 19.9 Å². The third-order valence-electron chi connectivity index (χ3n) is 11.4. The molecule has 2 aromatic heterocycles. The SMILES string of the molecule is [2H]C(C)(C)c1ccc(-c2ccnc(-c3[c-]c(-c4cccc5c4nc(-c4cc(C)cc(C)c4O)n5-c4ccc(C([2H])(C)C)cc4-c4ccccc4)cc(-c4ccccc4)c3)c2)cc1.[Pt]. The third kappa shape index (κ3) is 8.13. The van der Waals surface area contributed by atoms with Crippen molar-refractivity contribution in [3.05, 3.63) is 192 Å². The van der Waals surface area contributed by atoms with Crippen LogP contribution in [-0.4, -0.2) is 19.6 Å². The average Bonchev–Trinajstić information content (AvgIpc) is 3.67. The predicted molar refractivity (Wildman–Crippen MR) is 250 cm³/mol. The Labute approximate surface area is 376 Å². The van der Waals surface area contributed by atoms with Crippen LogP contribution in [0.15, 0.2) is 164 Å². The number of aromatic nitrogens is 3. The first-order valence-electron chi connectivity index (χ1n) is 21.5. The first kappa shape index (κ1) is 38.8. The number of phenolic OH excluding ortho intramolecular Hbond substituents is 1. The molecule has 0 spiro atoms. The summed E-state index contributed by atoms with van der Waals surface area (Å²) in [6, 6.07) is 57.5. The van der Waals surface area contributed by atoms with Gasteiger partial charge in [-0.2, -0.15) is 0 Å². The van der Waals surface area contributed by atoms with Gasteiger partial charge in [0.1, 0.15) is 11.6 Å². The maximum Gasteiger partial charge on any atom is 0.148 e. The summed E-state index contributed by atoms with van der Waals surface area (Å²) < 4.78 is 19.6. The summed E-state index contributed by atoms with van der Waals surface area (Å²) in [6.07, 6.45) is 1.85. The summed E-state index contributed by atoms with van der Waals surface area (Å²) in [6.45, 7) is 11.6. The number of imidazole rings is 1. The molecule has 0 saturated heterocycles. The first-order valence-corrected chi connectivity index (χ1v) is 20.5. The molecule has 304 valence electrons. The number of phenols is 1. The van der Waals surface area contributed by atoms with Gasteiger partial charge in [0, 0.05) is 41.3 Å². The van der Waals surface area contributed by atoms with E-state index in [1.54, 1.807) is 0 Å². The van der Waals surface area contributed by atoms with Gasteiger partial charge in [0.05, 0.1) is 22.3 Å². The maximum atomic E-state index is 11.8. The normalized spacial score (nSPS) is 12.2. The minimum Gasteiger partial charge on any atom is -0.507 e. The molecular weight excluding hydrogens is 926 g/mol. The minimum absolute atomic E-state index is 0. The molecule has 9 aromatic rings. The molecule has 0 atom stereocenters. The molecule has 61 heavy (non-hydrogen) atoms. The number of hydrogen-bond acceptors (Lipinski definition) is 3. The molecule has 5 heteroatoms. The van der Waals surface area contributed by atoms with Gasteiger partial charge in [-0.25, -0.2) is 4.98 Å². The standard InChI is InChI=1S/C56H48N3O.Pt/c1-35(2)39-20-22-41(23-21-39)44-26-27-57-51(34-44)47-31-45(40-14-9-7-10-15-40)30-46(32-47)48-18-13-19-53-54(48)58-56(50-29-37(5)28-38(6)55(50)60)59(53)52-25-24-43(36(3)4)33-49(52)42-16-11-8-12-17-42;/h7-31,33-36,60H,1-6H3;/q-1;/i35D,36D;. The van der Waals surface area contributed by atoms with Crippen molar-refractivity contribution in [3.8, 4) is 78.6 Å². The zero-order valence-corrected chi connectivity index (χ0v) is 37.5. The van der Waals surface area contributed by atoms with Gasteiger partial charge < -0.3 is 5.11 Å². The van der Waals surface area contributed by atoms with E-state index in [0.29, 0.717) is 11.4 Å². The van der Waals surface area contributed by atoms with Crippen molar-refractivity contribution in [3.63, 3.8) is 0 Å². The van der Waals surface area contributed by atoms with Gasteiger partial charge in [0.2, 0.25) is 0 Å². The van der Waals surface area contributed by atoms with E-state index in [0.717, 1.165) is 94.7 Å². The van der Waals surface area contributed by atoms with E-state index >= 15 is 0 Å². The van der Waals surface area contributed by atoms with Gasteiger partial charge in [0.15, 0.2) is 0 Å². The monoisotopic (exact) mass is 975 g/mol. The van der Waals surface area contributed by atoms with Gasteiger partial charge in [-0.3, -0.25) is 9.55 Å². The van der Waals surface area contributed by atoms with Gasteiger partial charge >= 0.3 is 0 Å². The Hall–Kier alpha value is -6.35. The molecule has 9 rings (SSSR count). The van der Waals surface area contributed by atoms with Crippen molar-refractivity contribution in [1.82, 2.24) is 14.5 Å². The van der Waals surface area contributed by atoms with Crippen molar-refractivity contribution < 1.29 is 28.9 Å². The number of nitrogens with zero attached hydrogens (tertiary/aromatic N) is 3. The van der Waals surface area contributed by atoms with E-state index in [1.807, 2.05) is 108 Å². The molecule has 0 saturated carbocycles. The molecule has 0 unspecified atom stereocenters. The van der Waals surface area contributed by atoms with Crippen LogP contribution in [0.5, 0.6) is 5.75 Å². The number of pyridine rings is 1. The molecule has 0 amide bonds. The predicted octanol–water partition coefficient (Wildman–Crippen LogP) is 14.8. The van der Waals surface area contributed by atoms with Crippen LogP contribution in [0.4, 0.5) is 0 Å². The molecule has 0 bridgehead atoms. The van der Waals surface area contributed by atoms with Crippen LogP contribution in [0.25, 0.3) is 83.9 Å². The second kappa shape index (κ2) is 17.3. The summed E-state index contributed by atoms with van der Waals surface area (Å²) in [5.41, 5.74) is 16.3. The fourth-order valence-electron chi connectivity index (χ4n) is 8.17. The van der Waals surface area contributed by atoms with Crippen molar-refractivity contribution in [2.45, 2.75) is 53.3 Å². The fraction of sp³-hybridized carbons (Fsp3) is 0.143. The Morgan fingerprint density at radius 3 is 1.93 bits per heavy atom. The Morgan fingerprint density at radius 1 is 0.574 bits per heavy atom. The van der Waals surface area contributed by atoms with Crippen LogP contribution in [-0.2, 0) is 21.1 Å². The largest absolute Gasteiger partial charge is 0.507 e. The molecule has 1 N–H and O–H groups in total. The zero-order chi connectivity index (χ0) is 43.3. The summed E-state index contributed by atoms with van der Waals surface area (Å²) in [5.74, 6) is -0.710. The van der Waals surface area contributed by atoms with Gasteiger partial charge in [0.25, 0.3) is 0 Å². The van der Waals surface area contributed by atoms with Crippen LogP contribution in [0.3, 0.4) is 0 Å². The van der Waals surface area contributed by atoms with Crippen molar-refractivity contribution in [2.75, 3.05) is 0 Å². The molecule has 0 fully saturated rings. The van der Waals surface area contributed by atoms with Gasteiger partial charge in [-0.05, 0) is 100 Å². The summed E-state index contributed by atoms with van der Waals surface area (Å²) >= 11 is 0. The number of para-hydroxylation sites is 1. The van der Waals surface area contributed by atoms with Crippen molar-refractivity contribution in [1.29, 1.82) is 0 Å². The smallest absolute Gasteiger partial charge is 0.148 e. The summed E-state index contributed by atoms with van der Waals surface area (Å²) in [5, 5.41) is 11.8. The summed E-state index contributed by atoms with van der Waals surface area (Å²) in [4.78, 5) is 10.4.